The Bertz CT molecular complexity index is 1350. The number of aromatic nitrogens is 4. The molecule has 4 aromatic rings. The first-order valence-electron chi connectivity index (χ1n) is 11.2. The van der Waals surface area contributed by atoms with Gasteiger partial charge in [-0.05, 0) is 60.4 Å². The van der Waals surface area contributed by atoms with Gasteiger partial charge in [-0.2, -0.15) is 0 Å². The highest BCUT2D eigenvalue weighted by molar-refractivity contribution is 9.10. The summed E-state index contributed by atoms with van der Waals surface area (Å²) in [4.78, 5) is 25.9. The van der Waals surface area contributed by atoms with E-state index in [0.717, 1.165) is 22.2 Å². The molecule has 2 aliphatic rings. The van der Waals surface area contributed by atoms with E-state index in [1.54, 1.807) is 6.07 Å². The molecule has 2 atom stereocenters. The summed E-state index contributed by atoms with van der Waals surface area (Å²) in [5, 5.41) is 6.23. The second-order valence-corrected chi connectivity index (χ2v) is 9.79. The predicted octanol–water partition coefficient (Wildman–Crippen LogP) is 5.12. The number of imidazole rings is 1. The number of benzene rings is 1. The van der Waals surface area contributed by atoms with Gasteiger partial charge >= 0.3 is 0 Å². The molecule has 0 bridgehead atoms. The van der Waals surface area contributed by atoms with Gasteiger partial charge in [0.2, 0.25) is 5.91 Å². The van der Waals surface area contributed by atoms with E-state index >= 15 is 0 Å². The number of nitrogens with one attached hydrogen (secondary N) is 2. The summed E-state index contributed by atoms with van der Waals surface area (Å²) in [7, 11) is 0. The number of carbonyl (C=O) groups is 1. The van der Waals surface area contributed by atoms with Crippen LogP contribution in [0.3, 0.4) is 0 Å². The molecule has 1 aromatic carbocycles. The van der Waals surface area contributed by atoms with E-state index in [-0.39, 0.29) is 17.7 Å². The summed E-state index contributed by atoms with van der Waals surface area (Å²) in [6, 6.07) is 14.2. The smallest absolute Gasteiger partial charge is 0.229 e. The van der Waals surface area contributed by atoms with Crippen molar-refractivity contribution in [1.29, 1.82) is 0 Å². The van der Waals surface area contributed by atoms with Gasteiger partial charge in [-0.1, -0.05) is 34.1 Å². The summed E-state index contributed by atoms with van der Waals surface area (Å²) in [6.07, 6.45) is 9.12. The minimum atomic E-state index is -0.0239. The molecule has 0 aliphatic heterocycles. The summed E-state index contributed by atoms with van der Waals surface area (Å²) in [5.74, 6) is 2.10. The van der Waals surface area contributed by atoms with Crippen molar-refractivity contribution in [2.45, 2.75) is 37.6 Å². The Morgan fingerprint density at radius 3 is 2.79 bits per heavy atom. The SMILES string of the molecule is O=C(Nc1cc(NCc2cn3cc(C4CC4)ccc3n2)ncn1)[C@H]1C[C@@H]1c1cccc(Br)c1. The lowest BCUT2D eigenvalue weighted by Gasteiger charge is -2.07. The minimum absolute atomic E-state index is 0.00329. The molecule has 0 saturated heterocycles. The standard InChI is InChI=1S/C25H23BrN6O/c26-18-3-1-2-16(8-18)20-9-21(20)25(33)31-23-10-22(28-14-29-23)27-11-19-13-32-12-17(15-4-5-15)6-7-24(32)30-19/h1-3,6-8,10,12-15,20-21H,4-5,9,11H2,(H2,27,28,29,31,33)/t20-,21+/m1/s1. The van der Waals surface area contributed by atoms with Crippen molar-refractivity contribution in [1.82, 2.24) is 19.4 Å². The van der Waals surface area contributed by atoms with Gasteiger partial charge in [0.15, 0.2) is 0 Å². The molecule has 3 aromatic heterocycles. The third-order valence-corrected chi connectivity index (χ3v) is 6.84. The lowest BCUT2D eigenvalue weighted by atomic mass is 10.1. The highest BCUT2D eigenvalue weighted by Crippen LogP contribution is 2.48. The molecule has 2 fully saturated rings. The van der Waals surface area contributed by atoms with Crippen molar-refractivity contribution in [2.75, 3.05) is 10.6 Å². The first kappa shape index (κ1) is 20.4. The summed E-state index contributed by atoms with van der Waals surface area (Å²) < 4.78 is 3.12. The molecule has 0 spiro atoms. The van der Waals surface area contributed by atoms with Gasteiger partial charge in [-0.25, -0.2) is 15.0 Å². The van der Waals surface area contributed by atoms with Gasteiger partial charge in [0.05, 0.1) is 12.2 Å². The third-order valence-electron chi connectivity index (χ3n) is 6.35. The number of pyridine rings is 1. The second-order valence-electron chi connectivity index (χ2n) is 8.87. The van der Waals surface area contributed by atoms with Crippen LogP contribution in [-0.2, 0) is 11.3 Å². The lowest BCUT2D eigenvalue weighted by Crippen LogP contribution is -2.16. The van der Waals surface area contributed by atoms with E-state index in [2.05, 4.69) is 76.4 Å². The van der Waals surface area contributed by atoms with Crippen molar-refractivity contribution < 1.29 is 4.79 Å². The van der Waals surface area contributed by atoms with Crippen LogP contribution in [0.1, 0.15) is 47.9 Å². The van der Waals surface area contributed by atoms with Gasteiger partial charge < -0.3 is 15.0 Å². The van der Waals surface area contributed by atoms with Crippen molar-refractivity contribution in [2.24, 2.45) is 5.92 Å². The monoisotopic (exact) mass is 502 g/mol. The van der Waals surface area contributed by atoms with Crippen LogP contribution in [0, 0.1) is 5.92 Å². The Kier molecular flexibility index (Phi) is 5.10. The third kappa shape index (κ3) is 4.48. The lowest BCUT2D eigenvalue weighted by molar-refractivity contribution is -0.117. The summed E-state index contributed by atoms with van der Waals surface area (Å²) in [5.41, 5.74) is 4.44. The topological polar surface area (TPSA) is 84.2 Å². The molecular formula is C25H23BrN6O. The zero-order valence-electron chi connectivity index (χ0n) is 17.9. The predicted molar refractivity (Wildman–Crippen MR) is 130 cm³/mol. The Morgan fingerprint density at radius 2 is 1.94 bits per heavy atom. The van der Waals surface area contributed by atoms with E-state index in [4.69, 9.17) is 0 Å². The maximum Gasteiger partial charge on any atom is 0.229 e. The van der Waals surface area contributed by atoms with E-state index in [9.17, 15) is 4.79 Å². The molecule has 2 aliphatic carbocycles. The van der Waals surface area contributed by atoms with Crippen molar-refractivity contribution in [3.05, 3.63) is 82.5 Å². The number of halogens is 1. The van der Waals surface area contributed by atoms with Gasteiger partial charge in [0.25, 0.3) is 0 Å². The molecule has 0 radical (unpaired) electrons. The average Bonchev–Trinajstić information content (AvgIpc) is 3.74. The molecular weight excluding hydrogens is 480 g/mol. The van der Waals surface area contributed by atoms with Gasteiger partial charge in [-0.3, -0.25) is 4.79 Å². The maximum absolute atomic E-state index is 12.7. The highest BCUT2D eigenvalue weighted by Gasteiger charge is 2.44. The molecule has 166 valence electrons. The van der Waals surface area contributed by atoms with Crippen LogP contribution < -0.4 is 10.6 Å². The summed E-state index contributed by atoms with van der Waals surface area (Å²) >= 11 is 3.50. The van der Waals surface area contributed by atoms with E-state index in [1.807, 2.05) is 18.3 Å². The summed E-state index contributed by atoms with van der Waals surface area (Å²) in [6.45, 7) is 0.540. The van der Waals surface area contributed by atoms with Crippen LogP contribution in [0.4, 0.5) is 11.6 Å². The average molecular weight is 503 g/mol. The van der Waals surface area contributed by atoms with Gasteiger partial charge in [-0.15, -0.1) is 0 Å². The van der Waals surface area contributed by atoms with Crippen LogP contribution in [0.25, 0.3) is 5.65 Å². The molecule has 2 N–H and O–H groups in total. The fraction of sp³-hybridized carbons (Fsp3) is 0.280. The molecule has 3 heterocycles. The van der Waals surface area contributed by atoms with Crippen LogP contribution >= 0.6 is 15.9 Å². The number of amides is 1. The molecule has 0 unspecified atom stereocenters. The van der Waals surface area contributed by atoms with Crippen molar-refractivity contribution in [3.63, 3.8) is 0 Å². The van der Waals surface area contributed by atoms with Gasteiger partial charge in [0, 0.05) is 28.9 Å². The maximum atomic E-state index is 12.7. The van der Waals surface area contributed by atoms with Crippen LogP contribution in [0.5, 0.6) is 0 Å². The fourth-order valence-corrected chi connectivity index (χ4v) is 4.73. The Morgan fingerprint density at radius 1 is 1.06 bits per heavy atom. The normalized spacial score (nSPS) is 19.4. The largest absolute Gasteiger partial charge is 0.364 e. The van der Waals surface area contributed by atoms with E-state index in [0.29, 0.717) is 24.1 Å². The minimum Gasteiger partial charge on any atom is -0.364 e. The first-order chi connectivity index (χ1) is 16.1. The Hall–Kier alpha value is -3.26. The number of carbonyl (C=O) groups excluding carboxylic acids is 1. The zero-order chi connectivity index (χ0) is 22.4. The molecule has 6 rings (SSSR count). The molecule has 7 nitrogen and oxygen atoms in total. The zero-order valence-corrected chi connectivity index (χ0v) is 19.5. The number of nitrogens with zero attached hydrogens (tertiary/aromatic N) is 4. The number of hydrogen-bond donors (Lipinski definition) is 2. The number of anilines is 2. The molecule has 1 amide bonds. The Balaban J connectivity index is 1.08. The molecule has 8 heteroatoms. The number of hydrogen-bond acceptors (Lipinski definition) is 5. The van der Waals surface area contributed by atoms with Crippen LogP contribution in [0.15, 0.2) is 65.7 Å². The first-order valence-corrected chi connectivity index (χ1v) is 12.0. The van der Waals surface area contributed by atoms with Crippen LogP contribution in [0.2, 0.25) is 0 Å². The van der Waals surface area contributed by atoms with Crippen molar-refractivity contribution in [3.8, 4) is 0 Å². The Labute approximate surface area is 199 Å². The molecule has 2 saturated carbocycles. The number of fused-ring (bicyclic) bond motifs is 1. The van der Waals surface area contributed by atoms with Gasteiger partial charge in [0.1, 0.15) is 23.6 Å². The second kappa shape index (κ2) is 8.26. The fourth-order valence-electron chi connectivity index (χ4n) is 4.32. The van der Waals surface area contributed by atoms with E-state index in [1.165, 1.54) is 30.3 Å². The van der Waals surface area contributed by atoms with E-state index < -0.39 is 0 Å². The molecule has 33 heavy (non-hydrogen) atoms. The van der Waals surface area contributed by atoms with Crippen LogP contribution in [-0.4, -0.2) is 25.3 Å². The number of rotatable bonds is 7. The van der Waals surface area contributed by atoms with Crippen molar-refractivity contribution >= 4 is 39.1 Å². The quantitative estimate of drug-likeness (QED) is 0.366. The highest BCUT2D eigenvalue weighted by atomic mass is 79.9.